The Labute approximate surface area is 97.9 Å². The van der Waals surface area contributed by atoms with E-state index in [2.05, 4.69) is 0 Å². The van der Waals surface area contributed by atoms with E-state index in [9.17, 15) is 25.5 Å². The van der Waals surface area contributed by atoms with E-state index in [1.807, 2.05) is 0 Å². The monoisotopic (exact) mass is 250 g/mol. The van der Waals surface area contributed by atoms with Gasteiger partial charge in [-0.05, 0) is 0 Å². The summed E-state index contributed by atoms with van der Waals surface area (Å²) in [5, 5.41) is 57.7. The molecule has 0 aromatic rings. The molecule has 1 heterocycles. The number of hydrogen-bond acceptors (Lipinski definition) is 7. The molecule has 100 valence electrons. The molecule has 1 aliphatic heterocycles. The van der Waals surface area contributed by atoms with E-state index in [-0.39, 0.29) is 12.8 Å². The first kappa shape index (κ1) is 13.2. The molecule has 6 N–H and O–H groups in total. The first-order valence-corrected chi connectivity index (χ1v) is 5.61. The van der Waals surface area contributed by atoms with Gasteiger partial charge in [-0.15, -0.1) is 0 Å². The summed E-state index contributed by atoms with van der Waals surface area (Å²) in [7, 11) is 0. The largest absolute Gasteiger partial charge is 0.394 e. The van der Waals surface area contributed by atoms with Gasteiger partial charge in [0.05, 0.1) is 24.9 Å². The third-order valence-electron chi connectivity index (χ3n) is 3.73. The fourth-order valence-corrected chi connectivity index (χ4v) is 2.61. The van der Waals surface area contributed by atoms with Crippen LogP contribution in [-0.4, -0.2) is 79.5 Å². The highest BCUT2D eigenvalue weighted by atomic mass is 16.5. The Balaban J connectivity index is 2.23. The molecule has 0 aromatic heterocycles. The van der Waals surface area contributed by atoms with E-state index in [1.165, 1.54) is 0 Å². The molecule has 17 heavy (non-hydrogen) atoms. The van der Waals surface area contributed by atoms with Crippen LogP contribution in [-0.2, 0) is 4.74 Å². The maximum atomic E-state index is 10.2. The molecule has 1 saturated heterocycles. The molecule has 0 unspecified atom stereocenters. The molecule has 7 atom stereocenters. The summed E-state index contributed by atoms with van der Waals surface area (Å²) in [5.41, 5.74) is -1.80. The van der Waals surface area contributed by atoms with E-state index >= 15 is 0 Å². The molecule has 0 spiro atoms. The van der Waals surface area contributed by atoms with Gasteiger partial charge in [0.15, 0.2) is 0 Å². The van der Waals surface area contributed by atoms with Crippen LogP contribution < -0.4 is 0 Å². The first-order valence-electron chi connectivity index (χ1n) is 5.61. The third kappa shape index (κ3) is 1.97. The van der Waals surface area contributed by atoms with Crippen molar-refractivity contribution >= 4 is 0 Å². The van der Waals surface area contributed by atoms with E-state index in [0.29, 0.717) is 0 Å². The lowest BCUT2D eigenvalue weighted by atomic mass is 9.71. The lowest BCUT2D eigenvalue weighted by molar-refractivity contribution is -0.301. The van der Waals surface area contributed by atoms with Gasteiger partial charge in [0.25, 0.3) is 0 Å². The number of ether oxygens (including phenoxy) is 1. The Kier molecular flexibility index (Phi) is 3.43. The zero-order valence-electron chi connectivity index (χ0n) is 9.18. The van der Waals surface area contributed by atoms with Gasteiger partial charge in [-0.3, -0.25) is 0 Å². The summed E-state index contributed by atoms with van der Waals surface area (Å²) in [6.07, 6.45) is -7.44. The molecule has 1 saturated carbocycles. The first-order chi connectivity index (χ1) is 7.90. The van der Waals surface area contributed by atoms with Crippen LogP contribution in [0.15, 0.2) is 0 Å². The second kappa shape index (κ2) is 4.43. The van der Waals surface area contributed by atoms with Crippen LogP contribution >= 0.6 is 0 Å². The third-order valence-corrected chi connectivity index (χ3v) is 3.73. The molecule has 0 radical (unpaired) electrons. The lowest BCUT2D eigenvalue weighted by Crippen LogP contribution is -2.70. The van der Waals surface area contributed by atoms with Crippen LogP contribution in [0.1, 0.15) is 12.8 Å². The summed E-state index contributed by atoms with van der Waals surface area (Å²) in [6.45, 7) is -0.497. The van der Waals surface area contributed by atoms with Crippen molar-refractivity contribution in [3.05, 3.63) is 0 Å². The van der Waals surface area contributed by atoms with E-state index in [0.717, 1.165) is 0 Å². The minimum Gasteiger partial charge on any atom is -0.394 e. The maximum absolute atomic E-state index is 10.2. The molecule has 7 heteroatoms. The average molecular weight is 250 g/mol. The van der Waals surface area contributed by atoms with Crippen molar-refractivity contribution in [2.24, 2.45) is 0 Å². The van der Waals surface area contributed by atoms with Crippen LogP contribution in [0.4, 0.5) is 0 Å². The molecule has 1 aliphatic carbocycles. The summed E-state index contributed by atoms with van der Waals surface area (Å²) in [6, 6.07) is 0. The molecule has 0 bridgehead atoms. The van der Waals surface area contributed by atoms with Crippen molar-refractivity contribution in [3.8, 4) is 0 Å². The maximum Gasteiger partial charge on any atom is 0.122 e. The van der Waals surface area contributed by atoms with Crippen molar-refractivity contribution in [1.29, 1.82) is 0 Å². The second-order valence-electron chi connectivity index (χ2n) is 4.85. The van der Waals surface area contributed by atoms with Crippen LogP contribution in [0.25, 0.3) is 0 Å². The number of fused-ring (bicyclic) bond motifs is 1. The standard InChI is InChI=1S/C10H18O7/c11-3-6-8(14)9(15)10(16)2-5(13)4(12)1-7(10)17-6/h4-9,11-16H,1-3H2/t4-,5+,6+,7-,8-,9-,10+/m0/s1. The highest BCUT2D eigenvalue weighted by molar-refractivity contribution is 5.08. The summed E-state index contributed by atoms with van der Waals surface area (Å²) in [4.78, 5) is 0. The molecule has 2 fully saturated rings. The Morgan fingerprint density at radius 2 is 1.76 bits per heavy atom. The summed E-state index contributed by atoms with van der Waals surface area (Å²) < 4.78 is 5.26. The molecular weight excluding hydrogens is 232 g/mol. The number of hydrogen-bond donors (Lipinski definition) is 6. The van der Waals surface area contributed by atoms with E-state index < -0.39 is 48.8 Å². The van der Waals surface area contributed by atoms with Gasteiger partial charge in [-0.2, -0.15) is 0 Å². The minimum atomic E-state index is -1.80. The Bertz CT molecular complexity index is 286. The Morgan fingerprint density at radius 3 is 2.35 bits per heavy atom. The highest BCUT2D eigenvalue weighted by Gasteiger charge is 2.58. The number of aliphatic hydroxyl groups excluding tert-OH is 5. The van der Waals surface area contributed by atoms with Crippen molar-refractivity contribution in [2.45, 2.75) is 55.1 Å². The van der Waals surface area contributed by atoms with Crippen LogP contribution in [0.3, 0.4) is 0 Å². The normalized spacial score (nSPS) is 55.4. The van der Waals surface area contributed by atoms with Crippen molar-refractivity contribution in [2.75, 3.05) is 6.61 Å². The average Bonchev–Trinajstić information content (AvgIpc) is 2.28. The van der Waals surface area contributed by atoms with Gasteiger partial charge >= 0.3 is 0 Å². The molecule has 0 amide bonds. The quantitative estimate of drug-likeness (QED) is 0.287. The van der Waals surface area contributed by atoms with Crippen molar-refractivity contribution in [3.63, 3.8) is 0 Å². The van der Waals surface area contributed by atoms with E-state index in [1.54, 1.807) is 0 Å². The van der Waals surface area contributed by atoms with Crippen molar-refractivity contribution < 1.29 is 35.4 Å². The van der Waals surface area contributed by atoms with Gasteiger partial charge in [0, 0.05) is 12.8 Å². The van der Waals surface area contributed by atoms with Gasteiger partial charge < -0.3 is 35.4 Å². The fourth-order valence-electron chi connectivity index (χ4n) is 2.61. The van der Waals surface area contributed by atoms with Crippen LogP contribution in [0.5, 0.6) is 0 Å². The predicted octanol–water partition coefficient (Wildman–Crippen LogP) is -3.29. The molecular formula is C10H18O7. The number of rotatable bonds is 1. The SMILES string of the molecule is OC[C@H]1O[C@H]2C[C@H](O)[C@H](O)C[C@]2(O)[C@@H](O)[C@H]1O. The second-order valence-corrected chi connectivity index (χ2v) is 4.85. The van der Waals surface area contributed by atoms with E-state index in [4.69, 9.17) is 9.84 Å². The molecule has 2 aliphatic rings. The molecule has 7 nitrogen and oxygen atoms in total. The number of aliphatic hydroxyl groups is 6. The smallest absolute Gasteiger partial charge is 0.122 e. The van der Waals surface area contributed by atoms with Gasteiger partial charge in [0.2, 0.25) is 0 Å². The topological polar surface area (TPSA) is 131 Å². The zero-order valence-corrected chi connectivity index (χ0v) is 9.18. The zero-order chi connectivity index (χ0) is 12.8. The van der Waals surface area contributed by atoms with Gasteiger partial charge in [0.1, 0.15) is 23.9 Å². The highest BCUT2D eigenvalue weighted by Crippen LogP contribution is 2.39. The van der Waals surface area contributed by atoms with Gasteiger partial charge in [-0.1, -0.05) is 0 Å². The Hall–Kier alpha value is -0.280. The predicted molar refractivity (Wildman–Crippen MR) is 54.0 cm³/mol. The summed E-state index contributed by atoms with van der Waals surface area (Å²) >= 11 is 0. The fraction of sp³-hybridized carbons (Fsp3) is 1.00. The molecule has 0 aromatic carbocycles. The van der Waals surface area contributed by atoms with Crippen LogP contribution in [0.2, 0.25) is 0 Å². The summed E-state index contributed by atoms with van der Waals surface area (Å²) in [5.74, 6) is 0. The van der Waals surface area contributed by atoms with Gasteiger partial charge in [-0.25, -0.2) is 0 Å². The molecule has 2 rings (SSSR count). The minimum absolute atomic E-state index is 0.0576. The van der Waals surface area contributed by atoms with Crippen molar-refractivity contribution in [1.82, 2.24) is 0 Å². The lowest BCUT2D eigenvalue weighted by Gasteiger charge is -2.52. The Morgan fingerprint density at radius 1 is 1.12 bits per heavy atom. The van der Waals surface area contributed by atoms with Crippen LogP contribution in [0, 0.1) is 0 Å².